The van der Waals surface area contributed by atoms with E-state index in [0.717, 1.165) is 31.9 Å². The number of rotatable bonds is 11. The molecule has 0 aliphatic heterocycles. The lowest BCUT2D eigenvalue weighted by atomic mass is 10.4. The maximum atomic E-state index is 11.7. The van der Waals surface area contributed by atoms with Gasteiger partial charge in [-0.15, -0.1) is 0 Å². The minimum Gasteiger partial charge on any atom is -0.357 e. The van der Waals surface area contributed by atoms with E-state index in [1.165, 1.54) is 4.31 Å². The van der Waals surface area contributed by atoms with E-state index in [1.54, 1.807) is 20.2 Å². The Balaban J connectivity index is 2.28. The van der Waals surface area contributed by atoms with Gasteiger partial charge in [-0.05, 0) is 32.8 Å². The van der Waals surface area contributed by atoms with E-state index in [0.29, 0.717) is 19.6 Å². The molecule has 0 aromatic carbocycles. The van der Waals surface area contributed by atoms with Crippen molar-refractivity contribution in [2.75, 3.05) is 39.0 Å². The van der Waals surface area contributed by atoms with Crippen LogP contribution in [0, 0.1) is 0 Å². The number of aliphatic imine (C=N–C) groups is 1. The SMILES string of the molecule is CCNC(=NCCCn1cccn1)NCCCN(C)S(=O)(=O)CC. The molecule has 0 unspecified atom stereocenters. The molecular formula is C15H30N6O2S. The van der Waals surface area contributed by atoms with Crippen LogP contribution in [0.4, 0.5) is 0 Å². The lowest BCUT2D eigenvalue weighted by Crippen LogP contribution is -2.39. The average Bonchev–Trinajstić information content (AvgIpc) is 3.08. The molecule has 0 atom stereocenters. The zero-order chi connectivity index (χ0) is 17.8. The summed E-state index contributed by atoms with van der Waals surface area (Å²) in [5.74, 6) is 0.899. The fraction of sp³-hybridized carbons (Fsp3) is 0.733. The summed E-state index contributed by atoms with van der Waals surface area (Å²) < 4.78 is 26.6. The van der Waals surface area contributed by atoms with Crippen LogP contribution >= 0.6 is 0 Å². The molecule has 0 spiro atoms. The fourth-order valence-corrected chi connectivity index (χ4v) is 2.91. The predicted octanol–water partition coefficient (Wildman–Crippen LogP) is 0.500. The molecule has 0 aliphatic carbocycles. The maximum Gasteiger partial charge on any atom is 0.213 e. The lowest BCUT2D eigenvalue weighted by molar-refractivity contribution is 0.461. The third kappa shape index (κ3) is 7.78. The number of guanidine groups is 1. The zero-order valence-electron chi connectivity index (χ0n) is 14.9. The van der Waals surface area contributed by atoms with E-state index < -0.39 is 10.0 Å². The molecule has 0 amide bonds. The van der Waals surface area contributed by atoms with E-state index in [1.807, 2.05) is 23.9 Å². The monoisotopic (exact) mass is 358 g/mol. The molecule has 0 radical (unpaired) electrons. The number of nitrogens with one attached hydrogen (secondary N) is 2. The van der Waals surface area contributed by atoms with Crippen molar-refractivity contribution in [3.63, 3.8) is 0 Å². The summed E-state index contributed by atoms with van der Waals surface area (Å²) in [6.45, 7) is 7.19. The maximum absolute atomic E-state index is 11.7. The Kier molecular flexibility index (Phi) is 9.39. The van der Waals surface area contributed by atoms with Gasteiger partial charge >= 0.3 is 0 Å². The van der Waals surface area contributed by atoms with E-state index >= 15 is 0 Å². The first-order valence-corrected chi connectivity index (χ1v) is 10.0. The summed E-state index contributed by atoms with van der Waals surface area (Å²) in [4.78, 5) is 4.52. The van der Waals surface area contributed by atoms with Crippen molar-refractivity contribution < 1.29 is 8.42 Å². The van der Waals surface area contributed by atoms with Crippen molar-refractivity contribution >= 4 is 16.0 Å². The smallest absolute Gasteiger partial charge is 0.213 e. The minimum atomic E-state index is -3.10. The van der Waals surface area contributed by atoms with Crippen molar-refractivity contribution in [3.8, 4) is 0 Å². The second kappa shape index (κ2) is 11.0. The van der Waals surface area contributed by atoms with Crippen molar-refractivity contribution in [3.05, 3.63) is 18.5 Å². The van der Waals surface area contributed by atoms with Crippen molar-refractivity contribution in [2.24, 2.45) is 4.99 Å². The predicted molar refractivity (Wildman–Crippen MR) is 97.5 cm³/mol. The second-order valence-electron chi connectivity index (χ2n) is 5.39. The molecule has 2 N–H and O–H groups in total. The Morgan fingerprint density at radius 2 is 2.08 bits per heavy atom. The molecule has 138 valence electrons. The topological polar surface area (TPSA) is 91.6 Å². The molecule has 0 bridgehead atoms. The highest BCUT2D eigenvalue weighted by atomic mass is 32.2. The number of aromatic nitrogens is 2. The van der Waals surface area contributed by atoms with Crippen LogP contribution in [0.3, 0.4) is 0 Å². The summed E-state index contributed by atoms with van der Waals surface area (Å²) in [5.41, 5.74) is 0. The standard InChI is InChI=1S/C15H30N6O2S/c1-4-16-15(18-10-7-13-21-14-8-11-19-21)17-9-6-12-20(3)24(22,23)5-2/h8,11,14H,4-7,9-10,12-13H2,1-3H3,(H2,16,17,18). The van der Waals surface area contributed by atoms with Gasteiger partial charge < -0.3 is 10.6 Å². The number of aryl methyl sites for hydroxylation is 1. The Morgan fingerprint density at radius 1 is 1.29 bits per heavy atom. The third-order valence-corrected chi connectivity index (χ3v) is 5.36. The molecule has 1 rings (SSSR count). The van der Waals surface area contributed by atoms with Crippen LogP contribution in [0.1, 0.15) is 26.7 Å². The summed E-state index contributed by atoms with van der Waals surface area (Å²) in [6.07, 6.45) is 5.35. The number of hydrogen-bond acceptors (Lipinski definition) is 4. The molecule has 0 saturated heterocycles. The van der Waals surface area contributed by atoms with E-state index in [9.17, 15) is 8.42 Å². The van der Waals surface area contributed by atoms with Crippen LogP contribution in [-0.2, 0) is 16.6 Å². The number of sulfonamides is 1. The summed E-state index contributed by atoms with van der Waals surface area (Å²) in [5, 5.41) is 10.6. The van der Waals surface area contributed by atoms with E-state index in [2.05, 4.69) is 20.7 Å². The quantitative estimate of drug-likeness (QED) is 0.341. The Hall–Kier alpha value is -1.61. The molecular weight excluding hydrogens is 328 g/mol. The van der Waals surface area contributed by atoms with Gasteiger partial charge in [0, 0.05) is 52.2 Å². The second-order valence-corrected chi connectivity index (χ2v) is 7.75. The molecule has 0 saturated carbocycles. The van der Waals surface area contributed by atoms with Gasteiger partial charge in [0.2, 0.25) is 10.0 Å². The van der Waals surface area contributed by atoms with Gasteiger partial charge in [0.1, 0.15) is 0 Å². The highest BCUT2D eigenvalue weighted by molar-refractivity contribution is 7.89. The molecule has 0 fully saturated rings. The summed E-state index contributed by atoms with van der Waals surface area (Å²) in [6, 6.07) is 1.91. The summed E-state index contributed by atoms with van der Waals surface area (Å²) >= 11 is 0. The summed E-state index contributed by atoms with van der Waals surface area (Å²) in [7, 11) is -1.48. The molecule has 1 aromatic heterocycles. The Bertz CT molecular complexity index is 571. The van der Waals surface area contributed by atoms with Crippen LogP contribution in [-0.4, -0.2) is 67.4 Å². The highest BCUT2D eigenvalue weighted by Crippen LogP contribution is 1.98. The normalized spacial score (nSPS) is 12.6. The molecule has 8 nitrogen and oxygen atoms in total. The Labute approximate surface area is 145 Å². The Morgan fingerprint density at radius 3 is 2.71 bits per heavy atom. The zero-order valence-corrected chi connectivity index (χ0v) is 15.7. The van der Waals surface area contributed by atoms with Crippen LogP contribution in [0.25, 0.3) is 0 Å². The first kappa shape index (κ1) is 20.4. The van der Waals surface area contributed by atoms with Gasteiger partial charge in [-0.1, -0.05) is 0 Å². The van der Waals surface area contributed by atoms with Crippen molar-refractivity contribution in [1.29, 1.82) is 0 Å². The number of nitrogens with zero attached hydrogens (tertiary/aromatic N) is 4. The van der Waals surface area contributed by atoms with Gasteiger partial charge in [-0.2, -0.15) is 5.10 Å². The number of hydrogen-bond donors (Lipinski definition) is 2. The van der Waals surface area contributed by atoms with Gasteiger partial charge in [-0.3, -0.25) is 9.67 Å². The average molecular weight is 359 g/mol. The van der Waals surface area contributed by atoms with Gasteiger partial charge in [0.25, 0.3) is 0 Å². The van der Waals surface area contributed by atoms with Gasteiger partial charge in [0.05, 0.1) is 5.75 Å². The molecule has 24 heavy (non-hydrogen) atoms. The van der Waals surface area contributed by atoms with Crippen molar-refractivity contribution in [2.45, 2.75) is 33.2 Å². The van der Waals surface area contributed by atoms with E-state index in [-0.39, 0.29) is 5.75 Å². The van der Waals surface area contributed by atoms with Crippen LogP contribution < -0.4 is 10.6 Å². The lowest BCUT2D eigenvalue weighted by Gasteiger charge is -2.16. The van der Waals surface area contributed by atoms with Gasteiger partial charge in [-0.25, -0.2) is 12.7 Å². The van der Waals surface area contributed by atoms with E-state index in [4.69, 9.17) is 0 Å². The molecule has 9 heteroatoms. The van der Waals surface area contributed by atoms with Crippen molar-refractivity contribution in [1.82, 2.24) is 24.7 Å². The largest absolute Gasteiger partial charge is 0.357 e. The molecule has 1 aromatic rings. The minimum absolute atomic E-state index is 0.136. The highest BCUT2D eigenvalue weighted by Gasteiger charge is 2.13. The van der Waals surface area contributed by atoms with Crippen LogP contribution in [0.15, 0.2) is 23.5 Å². The van der Waals surface area contributed by atoms with Crippen LogP contribution in [0.5, 0.6) is 0 Å². The first-order chi connectivity index (χ1) is 11.5. The fourth-order valence-electron chi connectivity index (χ4n) is 2.07. The third-order valence-electron chi connectivity index (χ3n) is 3.50. The van der Waals surface area contributed by atoms with Gasteiger partial charge in [0.15, 0.2) is 5.96 Å². The molecule has 1 heterocycles. The first-order valence-electron chi connectivity index (χ1n) is 8.43. The van der Waals surface area contributed by atoms with Crippen LogP contribution in [0.2, 0.25) is 0 Å². The molecule has 0 aliphatic rings.